The Morgan fingerprint density at radius 3 is 1.53 bits per heavy atom. The molecular weight excluding hydrogens is 600 g/mol. The van der Waals surface area contributed by atoms with Gasteiger partial charge in [-0.3, -0.25) is 19.2 Å². The van der Waals surface area contributed by atoms with Crippen molar-refractivity contribution in [2.24, 2.45) is 23.7 Å². The van der Waals surface area contributed by atoms with Crippen LogP contribution in [0.25, 0.3) is 0 Å². The Balaban J connectivity index is 1.27. The highest BCUT2D eigenvalue weighted by atomic mass is 16.5. The number of carbonyl (C=O) groups excluding carboxylic acids is 2. The number of ether oxygens (including phenoxy) is 2. The van der Waals surface area contributed by atoms with E-state index in [2.05, 4.69) is 5.32 Å². The molecule has 3 N–H and O–H groups in total. The Labute approximate surface area is 272 Å². The van der Waals surface area contributed by atoms with E-state index in [-0.39, 0.29) is 13.1 Å². The number of para-hydroxylation sites is 2. The third-order valence-corrected chi connectivity index (χ3v) is 8.16. The first-order valence-corrected chi connectivity index (χ1v) is 15.4. The van der Waals surface area contributed by atoms with Gasteiger partial charge in [-0.25, -0.2) is 0 Å². The number of aliphatic carboxylic acids is 2. The van der Waals surface area contributed by atoms with Gasteiger partial charge in [0.25, 0.3) is 0 Å². The molecule has 0 heterocycles. The highest BCUT2D eigenvalue weighted by Gasteiger charge is 2.64. The van der Waals surface area contributed by atoms with Crippen LogP contribution >= 0.6 is 0 Å². The van der Waals surface area contributed by atoms with Gasteiger partial charge in [-0.15, -0.1) is 0 Å². The minimum absolute atomic E-state index is 0.0576. The van der Waals surface area contributed by atoms with Gasteiger partial charge in [-0.05, 0) is 66.1 Å². The molecule has 5 rings (SSSR count). The highest BCUT2D eigenvalue weighted by Crippen LogP contribution is 2.48. The van der Waals surface area contributed by atoms with Gasteiger partial charge in [0.2, 0.25) is 11.8 Å². The molecule has 242 valence electrons. The van der Waals surface area contributed by atoms with E-state index in [0.717, 1.165) is 11.1 Å². The van der Waals surface area contributed by atoms with Gasteiger partial charge in [0, 0.05) is 19.6 Å². The van der Waals surface area contributed by atoms with Crippen molar-refractivity contribution in [2.45, 2.75) is 26.4 Å². The van der Waals surface area contributed by atoms with Gasteiger partial charge in [-0.1, -0.05) is 67.6 Å². The van der Waals surface area contributed by atoms with Crippen LogP contribution in [0.5, 0.6) is 23.0 Å². The van der Waals surface area contributed by atoms with Gasteiger partial charge in [-0.2, -0.15) is 0 Å². The van der Waals surface area contributed by atoms with Gasteiger partial charge in [0.15, 0.2) is 0 Å². The summed E-state index contributed by atoms with van der Waals surface area (Å²) in [6.07, 6.45) is 0.578. The minimum Gasteiger partial charge on any atom is -0.481 e. The third kappa shape index (κ3) is 7.96. The molecule has 0 bridgehead atoms. The standard InChI is InChI=1S/C37H36N2O8/c1-2-21-39(23-25-15-19-29(20-16-25)47-27-11-7-4-8-12-27)35(41)31-30(32(36(42)43)33(31)37(44)45)34(40)38-22-24-13-17-28(18-14-24)46-26-9-5-3-6-10-26/h3-20,30-33H,2,21-23H2,1H3,(H,38,40)(H,42,43)(H,44,45). The topological polar surface area (TPSA) is 142 Å². The molecule has 47 heavy (non-hydrogen) atoms. The van der Waals surface area contributed by atoms with E-state index in [9.17, 15) is 29.4 Å². The predicted octanol–water partition coefficient (Wildman–Crippen LogP) is 5.97. The van der Waals surface area contributed by atoms with Gasteiger partial charge < -0.3 is 29.9 Å². The molecule has 4 aromatic carbocycles. The largest absolute Gasteiger partial charge is 0.481 e. The molecular formula is C37H36N2O8. The molecule has 4 aromatic rings. The quantitative estimate of drug-likeness (QED) is 0.154. The summed E-state index contributed by atoms with van der Waals surface area (Å²) in [7, 11) is 0. The summed E-state index contributed by atoms with van der Waals surface area (Å²) < 4.78 is 11.6. The van der Waals surface area contributed by atoms with Crippen molar-refractivity contribution in [2.75, 3.05) is 6.54 Å². The molecule has 0 radical (unpaired) electrons. The number of nitrogens with zero attached hydrogens (tertiary/aromatic N) is 1. The molecule has 0 saturated heterocycles. The zero-order valence-electron chi connectivity index (χ0n) is 25.8. The molecule has 10 heteroatoms. The third-order valence-electron chi connectivity index (χ3n) is 8.16. The second-order valence-electron chi connectivity index (χ2n) is 11.4. The number of rotatable bonds is 14. The molecule has 1 fully saturated rings. The number of carboxylic acids is 2. The maximum absolute atomic E-state index is 13.9. The Kier molecular flexibility index (Phi) is 10.5. The molecule has 0 aromatic heterocycles. The van der Waals surface area contributed by atoms with E-state index in [0.29, 0.717) is 36.0 Å². The lowest BCUT2D eigenvalue weighted by Gasteiger charge is -2.47. The van der Waals surface area contributed by atoms with Crippen LogP contribution in [0.3, 0.4) is 0 Å². The molecule has 4 unspecified atom stereocenters. The van der Waals surface area contributed by atoms with E-state index in [1.54, 1.807) is 36.4 Å². The van der Waals surface area contributed by atoms with E-state index < -0.39 is 47.4 Å². The fraction of sp³-hybridized carbons (Fsp3) is 0.243. The molecule has 10 nitrogen and oxygen atoms in total. The molecule has 4 atom stereocenters. The number of amides is 2. The average Bonchev–Trinajstić information content (AvgIpc) is 3.05. The van der Waals surface area contributed by atoms with Crippen molar-refractivity contribution in [3.8, 4) is 23.0 Å². The Bertz CT molecular complexity index is 1680. The van der Waals surface area contributed by atoms with E-state index in [1.807, 2.05) is 79.7 Å². The van der Waals surface area contributed by atoms with Crippen molar-refractivity contribution in [3.63, 3.8) is 0 Å². The summed E-state index contributed by atoms with van der Waals surface area (Å²) in [6, 6.07) is 32.7. The number of carboxylic acid groups (broad SMARTS) is 2. The Hall–Kier alpha value is -5.64. The molecule has 1 aliphatic rings. The fourth-order valence-electron chi connectivity index (χ4n) is 5.86. The highest BCUT2D eigenvalue weighted by molar-refractivity contribution is 5.99. The van der Waals surface area contributed by atoms with Crippen LogP contribution in [0.1, 0.15) is 24.5 Å². The molecule has 1 saturated carbocycles. The first kappa shape index (κ1) is 32.7. The van der Waals surface area contributed by atoms with Crippen LogP contribution in [0, 0.1) is 23.7 Å². The lowest BCUT2D eigenvalue weighted by atomic mass is 9.55. The van der Waals surface area contributed by atoms with Gasteiger partial charge in [0.05, 0.1) is 23.7 Å². The van der Waals surface area contributed by atoms with Crippen molar-refractivity contribution in [1.29, 1.82) is 0 Å². The van der Waals surface area contributed by atoms with Crippen LogP contribution in [-0.2, 0) is 32.3 Å². The van der Waals surface area contributed by atoms with E-state index in [4.69, 9.17) is 9.47 Å². The van der Waals surface area contributed by atoms with Crippen molar-refractivity contribution >= 4 is 23.8 Å². The number of benzene rings is 4. The number of hydrogen-bond donors (Lipinski definition) is 3. The number of hydrogen-bond acceptors (Lipinski definition) is 6. The van der Waals surface area contributed by atoms with Crippen molar-refractivity contribution in [3.05, 3.63) is 120 Å². The van der Waals surface area contributed by atoms with Crippen LogP contribution in [0.4, 0.5) is 0 Å². The second-order valence-corrected chi connectivity index (χ2v) is 11.4. The molecule has 0 spiro atoms. The lowest BCUT2D eigenvalue weighted by molar-refractivity contribution is -0.184. The minimum atomic E-state index is -1.54. The average molecular weight is 637 g/mol. The van der Waals surface area contributed by atoms with Crippen LogP contribution in [0.2, 0.25) is 0 Å². The summed E-state index contributed by atoms with van der Waals surface area (Å²) in [5.74, 6) is -7.30. The van der Waals surface area contributed by atoms with Crippen LogP contribution in [-0.4, -0.2) is 45.4 Å². The van der Waals surface area contributed by atoms with Gasteiger partial charge >= 0.3 is 11.9 Å². The van der Waals surface area contributed by atoms with Gasteiger partial charge in [0.1, 0.15) is 23.0 Å². The van der Waals surface area contributed by atoms with Crippen molar-refractivity contribution in [1.82, 2.24) is 10.2 Å². The molecule has 0 aliphatic heterocycles. The first-order chi connectivity index (χ1) is 22.7. The SMILES string of the molecule is CCCN(Cc1ccc(Oc2ccccc2)cc1)C(=O)C1C(C(=O)O)C(C(=O)O)C1C(=O)NCc1ccc(Oc2ccccc2)cc1. The summed E-state index contributed by atoms with van der Waals surface area (Å²) in [5, 5.41) is 22.6. The van der Waals surface area contributed by atoms with E-state index in [1.165, 1.54) is 4.90 Å². The van der Waals surface area contributed by atoms with Crippen molar-refractivity contribution < 1.29 is 38.9 Å². The van der Waals surface area contributed by atoms with Crippen LogP contribution in [0.15, 0.2) is 109 Å². The number of nitrogens with one attached hydrogen (secondary N) is 1. The summed E-state index contributed by atoms with van der Waals surface area (Å²) in [6.45, 7) is 2.40. The summed E-state index contributed by atoms with van der Waals surface area (Å²) in [4.78, 5) is 53.3. The molecule has 2 amide bonds. The second kappa shape index (κ2) is 15.1. The Morgan fingerprint density at radius 1 is 0.617 bits per heavy atom. The zero-order chi connectivity index (χ0) is 33.3. The normalized spacial score (nSPS) is 18.3. The van der Waals surface area contributed by atoms with Crippen LogP contribution < -0.4 is 14.8 Å². The predicted molar refractivity (Wildman–Crippen MR) is 173 cm³/mol. The summed E-state index contributed by atoms with van der Waals surface area (Å²) >= 11 is 0. The van der Waals surface area contributed by atoms with E-state index >= 15 is 0 Å². The Morgan fingerprint density at radius 2 is 1.06 bits per heavy atom. The summed E-state index contributed by atoms with van der Waals surface area (Å²) in [5.41, 5.74) is 1.49. The molecule has 1 aliphatic carbocycles. The maximum atomic E-state index is 13.9. The smallest absolute Gasteiger partial charge is 0.308 e. The fourth-order valence-corrected chi connectivity index (χ4v) is 5.86. The zero-order valence-corrected chi connectivity index (χ0v) is 25.8. The monoisotopic (exact) mass is 636 g/mol. The number of carbonyl (C=O) groups is 4. The lowest BCUT2D eigenvalue weighted by Crippen LogP contribution is -2.63. The first-order valence-electron chi connectivity index (χ1n) is 15.4. The maximum Gasteiger partial charge on any atom is 0.308 e.